The minimum absolute atomic E-state index is 0.0333. The molecule has 1 N–H and O–H groups in total. The average Bonchev–Trinajstić information content (AvgIpc) is 1.78. The number of nitrogens with one attached hydrogen (secondary N) is 1. The normalized spacial score (nSPS) is 36.1. The molecule has 2 nitrogen and oxygen atoms in total. The lowest BCUT2D eigenvalue weighted by molar-refractivity contribution is -0.177. The highest BCUT2D eigenvalue weighted by Gasteiger charge is 2.56. The molecule has 0 aliphatic heterocycles. The number of carbonyl (C=O) groups excluding carboxylic acids is 1. The summed E-state index contributed by atoms with van der Waals surface area (Å²) in [6.45, 7) is 0.196. The number of hydrogen-bond acceptors (Lipinski definition) is 1. The van der Waals surface area contributed by atoms with Gasteiger partial charge in [0.05, 0.1) is 0 Å². The lowest BCUT2D eigenvalue weighted by Gasteiger charge is -2.62. The van der Waals surface area contributed by atoms with Crippen molar-refractivity contribution < 1.29 is 18.0 Å². The van der Waals surface area contributed by atoms with Gasteiger partial charge in [0.15, 0.2) is 0 Å². The molecule has 1 amide bonds. The Kier molecular flexibility index (Phi) is 1.63. The first-order chi connectivity index (χ1) is 5.91. The van der Waals surface area contributed by atoms with E-state index in [0.717, 1.165) is 25.2 Å². The van der Waals surface area contributed by atoms with Crippen LogP contribution < -0.4 is 5.32 Å². The molecule has 0 aromatic heterocycles. The highest BCUT2D eigenvalue weighted by molar-refractivity contribution is 5.81. The van der Waals surface area contributed by atoms with Gasteiger partial charge in [0.25, 0.3) is 0 Å². The van der Waals surface area contributed by atoms with Gasteiger partial charge in [0.2, 0.25) is 0 Å². The topological polar surface area (TPSA) is 29.1 Å². The zero-order valence-electron chi connectivity index (χ0n) is 6.95. The van der Waals surface area contributed by atoms with Crippen LogP contribution in [0.2, 0.25) is 0 Å². The summed E-state index contributed by atoms with van der Waals surface area (Å²) in [6, 6.07) is 0. The highest BCUT2D eigenvalue weighted by Crippen LogP contribution is 2.63. The van der Waals surface area contributed by atoms with Crippen LogP contribution in [0.5, 0.6) is 0 Å². The van der Waals surface area contributed by atoms with Crippen molar-refractivity contribution in [3.05, 3.63) is 0 Å². The summed E-state index contributed by atoms with van der Waals surface area (Å²) in [5, 5.41) is 1.94. The molecule has 3 aliphatic rings. The molecule has 0 spiro atoms. The molecule has 3 saturated carbocycles. The zero-order valence-corrected chi connectivity index (χ0v) is 6.95. The fourth-order valence-corrected chi connectivity index (χ4v) is 2.24. The van der Waals surface area contributed by atoms with Crippen LogP contribution in [0.15, 0.2) is 0 Å². The largest absolute Gasteiger partial charge is 0.471 e. The molecule has 3 fully saturated rings. The van der Waals surface area contributed by atoms with Gasteiger partial charge in [-0.05, 0) is 30.6 Å². The van der Waals surface area contributed by atoms with Gasteiger partial charge in [-0.15, -0.1) is 0 Å². The predicted molar refractivity (Wildman–Crippen MR) is 38.8 cm³/mol. The van der Waals surface area contributed by atoms with Gasteiger partial charge >= 0.3 is 12.1 Å². The van der Waals surface area contributed by atoms with Crippen LogP contribution in [0.1, 0.15) is 19.3 Å². The third kappa shape index (κ3) is 1.40. The Hall–Kier alpha value is -0.740. The van der Waals surface area contributed by atoms with Gasteiger partial charge in [-0.1, -0.05) is 0 Å². The van der Waals surface area contributed by atoms with E-state index in [1.54, 1.807) is 0 Å². The van der Waals surface area contributed by atoms with Gasteiger partial charge in [-0.3, -0.25) is 4.79 Å². The fourth-order valence-electron chi connectivity index (χ4n) is 2.24. The van der Waals surface area contributed by atoms with Crippen molar-refractivity contribution in [3.8, 4) is 0 Å². The monoisotopic (exact) mass is 193 g/mol. The molecule has 2 bridgehead atoms. The zero-order chi connectivity index (χ0) is 9.69. The molecular weight excluding hydrogens is 183 g/mol. The quantitative estimate of drug-likeness (QED) is 0.706. The van der Waals surface area contributed by atoms with E-state index in [4.69, 9.17) is 0 Å². The smallest absolute Gasteiger partial charge is 0.348 e. The predicted octanol–water partition coefficient (Wildman–Crippen LogP) is 1.47. The first kappa shape index (κ1) is 8.84. The molecule has 0 aromatic carbocycles. The molecule has 0 aromatic rings. The lowest BCUT2D eigenvalue weighted by Crippen LogP contribution is -2.58. The van der Waals surface area contributed by atoms with Crippen molar-refractivity contribution in [3.63, 3.8) is 0 Å². The van der Waals surface area contributed by atoms with Crippen molar-refractivity contribution in [2.45, 2.75) is 25.4 Å². The molecule has 74 valence electrons. The Morgan fingerprint density at radius 2 is 1.92 bits per heavy atom. The third-order valence-electron chi connectivity index (χ3n) is 3.05. The first-order valence-electron chi connectivity index (χ1n) is 4.26. The van der Waals surface area contributed by atoms with Crippen LogP contribution in [-0.2, 0) is 4.79 Å². The molecule has 0 atom stereocenters. The Bertz CT molecular complexity index is 231. The van der Waals surface area contributed by atoms with E-state index in [0.29, 0.717) is 0 Å². The number of rotatable bonds is 2. The van der Waals surface area contributed by atoms with Crippen LogP contribution in [-0.4, -0.2) is 18.6 Å². The number of hydrogen-bond donors (Lipinski definition) is 1. The number of halogens is 3. The molecule has 0 radical (unpaired) electrons. The summed E-state index contributed by atoms with van der Waals surface area (Å²) in [7, 11) is 0. The SMILES string of the molecule is O=C(NCC12CC(C1)C2)C(F)(F)F. The van der Waals surface area contributed by atoms with Crippen LogP contribution in [0.3, 0.4) is 0 Å². The second-order valence-corrected chi connectivity index (χ2v) is 4.16. The van der Waals surface area contributed by atoms with E-state index >= 15 is 0 Å². The first-order valence-corrected chi connectivity index (χ1v) is 4.26. The maximum absolute atomic E-state index is 11.7. The summed E-state index contributed by atoms with van der Waals surface area (Å²) in [5.41, 5.74) is 0.0333. The molecule has 0 heterocycles. The molecule has 3 rings (SSSR count). The summed E-state index contributed by atoms with van der Waals surface area (Å²) in [5.74, 6) is -1.08. The number of amides is 1. The van der Waals surface area contributed by atoms with E-state index in [-0.39, 0.29) is 12.0 Å². The third-order valence-corrected chi connectivity index (χ3v) is 3.05. The van der Waals surface area contributed by atoms with Crippen LogP contribution >= 0.6 is 0 Å². The maximum Gasteiger partial charge on any atom is 0.471 e. The van der Waals surface area contributed by atoms with E-state index < -0.39 is 12.1 Å². The Labute approximate surface area is 73.5 Å². The molecule has 0 unspecified atom stereocenters. The standard InChI is InChI=1S/C8H10F3NO/c9-8(10,11)6(13)12-4-7-1-5(2-7)3-7/h5H,1-4H2,(H,12,13). The maximum atomic E-state index is 11.7. The van der Waals surface area contributed by atoms with Crippen LogP contribution in [0, 0.1) is 11.3 Å². The van der Waals surface area contributed by atoms with Gasteiger partial charge in [-0.2, -0.15) is 13.2 Å². The minimum Gasteiger partial charge on any atom is -0.348 e. The van der Waals surface area contributed by atoms with E-state index in [1.165, 1.54) is 0 Å². The van der Waals surface area contributed by atoms with Gasteiger partial charge < -0.3 is 5.32 Å². The van der Waals surface area contributed by atoms with Gasteiger partial charge in [0.1, 0.15) is 0 Å². The van der Waals surface area contributed by atoms with Crippen molar-refractivity contribution in [2.75, 3.05) is 6.54 Å². The fraction of sp³-hybridized carbons (Fsp3) is 0.875. The summed E-state index contributed by atoms with van der Waals surface area (Å²) in [4.78, 5) is 10.4. The highest BCUT2D eigenvalue weighted by atomic mass is 19.4. The molecule has 13 heavy (non-hydrogen) atoms. The van der Waals surface area contributed by atoms with Crippen LogP contribution in [0.25, 0.3) is 0 Å². The van der Waals surface area contributed by atoms with Crippen molar-refractivity contribution in [1.82, 2.24) is 5.32 Å². The average molecular weight is 193 g/mol. The number of alkyl halides is 3. The number of carbonyl (C=O) groups is 1. The second-order valence-electron chi connectivity index (χ2n) is 4.16. The molecular formula is C8H10F3NO. The summed E-state index contributed by atoms with van der Waals surface area (Å²) >= 11 is 0. The van der Waals surface area contributed by atoms with E-state index in [9.17, 15) is 18.0 Å². The van der Waals surface area contributed by atoms with Gasteiger partial charge in [-0.25, -0.2) is 0 Å². The van der Waals surface area contributed by atoms with E-state index in [2.05, 4.69) is 0 Å². The lowest BCUT2D eigenvalue weighted by atomic mass is 9.44. The Morgan fingerprint density at radius 1 is 1.38 bits per heavy atom. The van der Waals surface area contributed by atoms with Crippen molar-refractivity contribution >= 4 is 5.91 Å². The Balaban J connectivity index is 1.76. The second kappa shape index (κ2) is 2.39. The summed E-state index contributed by atoms with van der Waals surface area (Å²) in [6.07, 6.45) is -1.76. The molecule has 3 aliphatic carbocycles. The van der Waals surface area contributed by atoms with Gasteiger partial charge in [0, 0.05) is 6.54 Å². The Morgan fingerprint density at radius 3 is 2.23 bits per heavy atom. The van der Waals surface area contributed by atoms with Crippen molar-refractivity contribution in [1.29, 1.82) is 0 Å². The summed E-state index contributed by atoms with van der Waals surface area (Å²) < 4.78 is 35.2. The molecule has 0 saturated heterocycles. The molecule has 5 heteroatoms. The van der Waals surface area contributed by atoms with Crippen LogP contribution in [0.4, 0.5) is 13.2 Å². The minimum atomic E-state index is -4.73. The van der Waals surface area contributed by atoms with E-state index in [1.807, 2.05) is 5.32 Å². The van der Waals surface area contributed by atoms with Crippen molar-refractivity contribution in [2.24, 2.45) is 11.3 Å².